The number of anilines is 1. The van der Waals surface area contributed by atoms with Crippen LogP contribution in [0.2, 0.25) is 0 Å². The normalized spacial score (nSPS) is 15.7. The summed E-state index contributed by atoms with van der Waals surface area (Å²) in [5, 5.41) is 10.5. The zero-order valence-electron chi connectivity index (χ0n) is 14.4. The van der Waals surface area contributed by atoms with Crippen LogP contribution in [0.3, 0.4) is 0 Å². The average Bonchev–Trinajstić information content (AvgIpc) is 3.14. The zero-order valence-corrected chi connectivity index (χ0v) is 15.3. The molecule has 7 nitrogen and oxygen atoms in total. The molecule has 1 N–H and O–H groups in total. The fraction of sp³-hybridized carbons (Fsp3) is 0.562. The molecule has 2 amide bonds. The molecule has 0 bridgehead atoms. The standard InChI is InChI=1S/C16H24N6OS/c1-4-15-17-13(11-24-15)9-21-5-7-22(8-6-21)16(23)18-14-10-20(3)19-12(14)2/h10-11H,4-9H2,1-3H3,(H,18,23). The van der Waals surface area contributed by atoms with E-state index in [4.69, 9.17) is 0 Å². The molecular formula is C16H24N6OS. The van der Waals surface area contributed by atoms with Crippen LogP contribution in [-0.2, 0) is 20.0 Å². The molecule has 0 aromatic carbocycles. The van der Waals surface area contributed by atoms with Crippen molar-refractivity contribution in [1.82, 2.24) is 24.6 Å². The lowest BCUT2D eigenvalue weighted by atomic mass is 10.3. The molecule has 1 fully saturated rings. The quantitative estimate of drug-likeness (QED) is 0.919. The van der Waals surface area contributed by atoms with Crippen molar-refractivity contribution in [1.29, 1.82) is 0 Å². The third kappa shape index (κ3) is 3.93. The van der Waals surface area contributed by atoms with E-state index in [1.165, 1.54) is 5.01 Å². The molecule has 1 aliphatic rings. The molecule has 3 rings (SSSR count). The number of aromatic nitrogens is 3. The molecule has 0 radical (unpaired) electrons. The van der Waals surface area contributed by atoms with Crippen molar-refractivity contribution in [2.24, 2.45) is 7.05 Å². The van der Waals surface area contributed by atoms with Crippen molar-refractivity contribution in [3.05, 3.63) is 28.0 Å². The zero-order chi connectivity index (χ0) is 17.1. The van der Waals surface area contributed by atoms with E-state index in [2.05, 4.69) is 32.6 Å². The lowest BCUT2D eigenvalue weighted by molar-refractivity contribution is 0.142. The van der Waals surface area contributed by atoms with Gasteiger partial charge in [-0.3, -0.25) is 9.58 Å². The highest BCUT2D eigenvalue weighted by Gasteiger charge is 2.22. The number of rotatable bonds is 4. The molecule has 3 heterocycles. The van der Waals surface area contributed by atoms with Gasteiger partial charge in [-0.25, -0.2) is 9.78 Å². The van der Waals surface area contributed by atoms with Crippen LogP contribution in [-0.4, -0.2) is 56.8 Å². The van der Waals surface area contributed by atoms with Gasteiger partial charge in [-0.1, -0.05) is 6.92 Å². The van der Waals surface area contributed by atoms with E-state index in [0.29, 0.717) is 0 Å². The van der Waals surface area contributed by atoms with Crippen LogP contribution in [0.1, 0.15) is 23.3 Å². The van der Waals surface area contributed by atoms with E-state index in [0.717, 1.165) is 56.2 Å². The van der Waals surface area contributed by atoms with Crippen LogP contribution in [0.25, 0.3) is 0 Å². The maximum Gasteiger partial charge on any atom is 0.322 e. The van der Waals surface area contributed by atoms with Crippen LogP contribution in [0.5, 0.6) is 0 Å². The molecule has 0 saturated carbocycles. The number of carbonyl (C=O) groups excluding carboxylic acids is 1. The van der Waals surface area contributed by atoms with Gasteiger partial charge in [-0.05, 0) is 13.3 Å². The predicted molar refractivity (Wildman–Crippen MR) is 95.3 cm³/mol. The Morgan fingerprint density at radius 2 is 2.08 bits per heavy atom. The number of urea groups is 1. The Morgan fingerprint density at radius 3 is 2.67 bits per heavy atom. The number of aryl methyl sites for hydroxylation is 3. The van der Waals surface area contributed by atoms with Crippen molar-refractivity contribution < 1.29 is 4.79 Å². The van der Waals surface area contributed by atoms with Crippen LogP contribution in [0.15, 0.2) is 11.6 Å². The van der Waals surface area contributed by atoms with Crippen LogP contribution >= 0.6 is 11.3 Å². The van der Waals surface area contributed by atoms with Crippen LogP contribution in [0.4, 0.5) is 10.5 Å². The number of hydrogen-bond acceptors (Lipinski definition) is 5. The Labute approximate surface area is 146 Å². The average molecular weight is 348 g/mol. The molecule has 2 aromatic heterocycles. The van der Waals surface area contributed by atoms with E-state index in [9.17, 15) is 4.79 Å². The van der Waals surface area contributed by atoms with E-state index < -0.39 is 0 Å². The molecule has 2 aromatic rings. The van der Waals surface area contributed by atoms with Gasteiger partial charge in [0.15, 0.2) is 0 Å². The third-order valence-corrected chi connectivity index (χ3v) is 5.24. The van der Waals surface area contributed by atoms with Gasteiger partial charge in [-0.15, -0.1) is 11.3 Å². The van der Waals surface area contributed by atoms with Gasteiger partial charge in [0, 0.05) is 51.3 Å². The molecule has 0 unspecified atom stereocenters. The summed E-state index contributed by atoms with van der Waals surface area (Å²) in [6, 6.07) is -0.0484. The Morgan fingerprint density at radius 1 is 1.33 bits per heavy atom. The Hall–Kier alpha value is -1.93. The topological polar surface area (TPSA) is 66.3 Å². The molecule has 1 aliphatic heterocycles. The van der Waals surface area contributed by atoms with E-state index in [1.807, 2.05) is 25.1 Å². The first-order valence-corrected chi connectivity index (χ1v) is 9.15. The smallest absolute Gasteiger partial charge is 0.322 e. The fourth-order valence-electron chi connectivity index (χ4n) is 2.84. The molecule has 0 aliphatic carbocycles. The lowest BCUT2D eigenvalue weighted by Crippen LogP contribution is -2.49. The minimum absolute atomic E-state index is 0.0484. The van der Waals surface area contributed by atoms with Gasteiger partial charge in [0.1, 0.15) is 0 Å². The van der Waals surface area contributed by atoms with Crippen molar-refractivity contribution in [2.45, 2.75) is 26.8 Å². The predicted octanol–water partition coefficient (Wildman–Crippen LogP) is 2.10. The second kappa shape index (κ2) is 7.31. The molecular weight excluding hydrogens is 324 g/mol. The lowest BCUT2D eigenvalue weighted by Gasteiger charge is -2.34. The first kappa shape index (κ1) is 16.9. The van der Waals surface area contributed by atoms with Crippen molar-refractivity contribution in [3.8, 4) is 0 Å². The Kier molecular flexibility index (Phi) is 5.15. The summed E-state index contributed by atoms with van der Waals surface area (Å²) in [5.74, 6) is 0. The molecule has 0 spiro atoms. The van der Waals surface area contributed by atoms with Gasteiger partial charge < -0.3 is 10.2 Å². The van der Waals surface area contributed by atoms with E-state index in [-0.39, 0.29) is 6.03 Å². The summed E-state index contributed by atoms with van der Waals surface area (Å²) in [7, 11) is 1.85. The highest BCUT2D eigenvalue weighted by Crippen LogP contribution is 2.15. The number of carbonyl (C=O) groups is 1. The Bertz CT molecular complexity index is 701. The molecule has 1 saturated heterocycles. The SMILES string of the molecule is CCc1nc(CN2CCN(C(=O)Nc3cn(C)nc3C)CC2)cs1. The van der Waals surface area contributed by atoms with Crippen LogP contribution < -0.4 is 5.32 Å². The first-order valence-electron chi connectivity index (χ1n) is 8.27. The maximum absolute atomic E-state index is 12.4. The molecule has 0 atom stereocenters. The second-order valence-electron chi connectivity index (χ2n) is 6.08. The van der Waals surface area contributed by atoms with Crippen molar-refractivity contribution in [3.63, 3.8) is 0 Å². The van der Waals surface area contributed by atoms with Crippen molar-refractivity contribution >= 4 is 23.1 Å². The number of hydrogen-bond donors (Lipinski definition) is 1. The minimum Gasteiger partial charge on any atom is -0.322 e. The first-order chi connectivity index (χ1) is 11.5. The summed E-state index contributed by atoms with van der Waals surface area (Å²) >= 11 is 1.73. The fourth-order valence-corrected chi connectivity index (χ4v) is 3.57. The monoisotopic (exact) mass is 348 g/mol. The maximum atomic E-state index is 12.4. The molecule has 130 valence electrons. The van der Waals surface area contributed by atoms with Gasteiger partial charge in [0.25, 0.3) is 0 Å². The summed E-state index contributed by atoms with van der Waals surface area (Å²) < 4.78 is 1.71. The second-order valence-corrected chi connectivity index (χ2v) is 7.02. The molecule has 24 heavy (non-hydrogen) atoms. The highest BCUT2D eigenvalue weighted by molar-refractivity contribution is 7.09. The van der Waals surface area contributed by atoms with Gasteiger partial charge >= 0.3 is 6.03 Å². The van der Waals surface area contributed by atoms with Crippen molar-refractivity contribution in [2.75, 3.05) is 31.5 Å². The summed E-state index contributed by atoms with van der Waals surface area (Å²) in [6.07, 6.45) is 2.82. The van der Waals surface area contributed by atoms with Gasteiger partial charge in [0.05, 0.1) is 22.1 Å². The molecule has 8 heteroatoms. The van der Waals surface area contributed by atoms with E-state index in [1.54, 1.807) is 16.0 Å². The Balaban J connectivity index is 1.49. The van der Waals surface area contributed by atoms with Crippen LogP contribution in [0, 0.1) is 6.92 Å². The largest absolute Gasteiger partial charge is 0.322 e. The number of piperazine rings is 1. The third-order valence-electron chi connectivity index (χ3n) is 4.20. The number of thiazole rings is 1. The van der Waals surface area contributed by atoms with E-state index >= 15 is 0 Å². The summed E-state index contributed by atoms with van der Waals surface area (Å²) in [6.45, 7) is 8.10. The number of nitrogens with zero attached hydrogens (tertiary/aromatic N) is 5. The summed E-state index contributed by atoms with van der Waals surface area (Å²) in [5.41, 5.74) is 2.75. The highest BCUT2D eigenvalue weighted by atomic mass is 32.1. The van der Waals surface area contributed by atoms with Gasteiger partial charge in [-0.2, -0.15) is 5.10 Å². The minimum atomic E-state index is -0.0484. The summed E-state index contributed by atoms with van der Waals surface area (Å²) in [4.78, 5) is 21.2. The number of amides is 2. The number of nitrogens with one attached hydrogen (secondary N) is 1. The van der Waals surface area contributed by atoms with Gasteiger partial charge in [0.2, 0.25) is 0 Å².